The van der Waals surface area contributed by atoms with Gasteiger partial charge in [0.1, 0.15) is 0 Å². The third-order valence-corrected chi connectivity index (χ3v) is 17.5. The Balaban J connectivity index is 3.31. The summed E-state index contributed by atoms with van der Waals surface area (Å²) in [5, 5.41) is 23.3. The molecule has 0 aromatic carbocycles. The molecular weight excluding hydrogens is 995 g/mol. The van der Waals surface area contributed by atoms with Crippen LogP contribution in [0.15, 0.2) is 24.3 Å². The van der Waals surface area contributed by atoms with E-state index in [-0.39, 0.29) is 18.5 Å². The first-order valence-corrected chi connectivity index (χ1v) is 37.1. The SMILES string of the molecule is CCCCCC/C=C\C/C=C\CCCCCCCC(=O)OCCCCCCCCCCCCCCCCCCCCCCCCCCCCCCCCCCCC(=O)NC(CO)C(O)CCCCCCCCCCCCCCCCC. The van der Waals surface area contributed by atoms with Gasteiger partial charge in [-0.05, 0) is 57.8 Å². The predicted molar refractivity (Wildman–Crippen MR) is 356 cm³/mol. The molecule has 6 nitrogen and oxygen atoms in total. The number of nitrogens with one attached hydrogen (secondary N) is 1. The number of hydrogen-bond acceptors (Lipinski definition) is 5. The van der Waals surface area contributed by atoms with Gasteiger partial charge in [0, 0.05) is 12.8 Å². The van der Waals surface area contributed by atoms with Crippen molar-refractivity contribution >= 4 is 11.9 Å². The molecule has 0 heterocycles. The van der Waals surface area contributed by atoms with E-state index in [2.05, 4.69) is 43.5 Å². The molecule has 2 unspecified atom stereocenters. The molecule has 81 heavy (non-hydrogen) atoms. The number of unbranched alkanes of at least 4 members (excludes halogenated alkanes) is 55. The third kappa shape index (κ3) is 67.3. The molecule has 0 radical (unpaired) electrons. The van der Waals surface area contributed by atoms with Crippen molar-refractivity contribution in [1.29, 1.82) is 0 Å². The van der Waals surface area contributed by atoms with E-state index >= 15 is 0 Å². The lowest BCUT2D eigenvalue weighted by molar-refractivity contribution is -0.143. The van der Waals surface area contributed by atoms with Crippen molar-refractivity contribution in [3.05, 3.63) is 24.3 Å². The summed E-state index contributed by atoms with van der Waals surface area (Å²) < 4.78 is 5.50. The number of allylic oxidation sites excluding steroid dienone is 4. The first-order chi connectivity index (χ1) is 40.0. The van der Waals surface area contributed by atoms with Crippen LogP contribution >= 0.6 is 0 Å². The second-order valence-electron chi connectivity index (χ2n) is 25.6. The molecule has 0 aromatic heterocycles. The minimum Gasteiger partial charge on any atom is -0.466 e. The van der Waals surface area contributed by atoms with Gasteiger partial charge in [-0.2, -0.15) is 0 Å². The molecule has 0 aliphatic rings. The van der Waals surface area contributed by atoms with Crippen molar-refractivity contribution < 1.29 is 24.5 Å². The highest BCUT2D eigenvalue weighted by atomic mass is 16.5. The fourth-order valence-electron chi connectivity index (χ4n) is 11.9. The zero-order chi connectivity index (χ0) is 58.5. The smallest absolute Gasteiger partial charge is 0.305 e. The number of hydrogen-bond donors (Lipinski definition) is 3. The first-order valence-electron chi connectivity index (χ1n) is 37.1. The summed E-state index contributed by atoms with van der Waals surface area (Å²) in [4.78, 5) is 24.6. The van der Waals surface area contributed by atoms with E-state index in [4.69, 9.17) is 4.74 Å². The molecule has 0 spiro atoms. The van der Waals surface area contributed by atoms with Gasteiger partial charge in [0.25, 0.3) is 0 Å². The second kappa shape index (κ2) is 70.8. The van der Waals surface area contributed by atoms with E-state index in [0.717, 1.165) is 51.4 Å². The van der Waals surface area contributed by atoms with Crippen molar-refractivity contribution in [2.75, 3.05) is 13.2 Å². The summed E-state index contributed by atoms with van der Waals surface area (Å²) in [5.41, 5.74) is 0. The molecule has 0 saturated heterocycles. The number of ether oxygens (including phenoxy) is 1. The van der Waals surface area contributed by atoms with Gasteiger partial charge in [0.15, 0.2) is 0 Å². The first kappa shape index (κ1) is 79.3. The lowest BCUT2D eigenvalue weighted by atomic mass is 10.0. The molecule has 3 N–H and O–H groups in total. The number of amides is 1. The van der Waals surface area contributed by atoms with Crippen LogP contribution in [0.1, 0.15) is 418 Å². The van der Waals surface area contributed by atoms with Gasteiger partial charge >= 0.3 is 5.97 Å². The highest BCUT2D eigenvalue weighted by molar-refractivity contribution is 5.76. The zero-order valence-electron chi connectivity index (χ0n) is 55.0. The van der Waals surface area contributed by atoms with E-state index in [1.165, 1.54) is 334 Å². The number of esters is 1. The fraction of sp³-hybridized carbons (Fsp3) is 0.920. The van der Waals surface area contributed by atoms with Gasteiger partial charge in [-0.1, -0.05) is 372 Å². The number of rotatable bonds is 70. The molecule has 1 amide bonds. The van der Waals surface area contributed by atoms with Gasteiger partial charge < -0.3 is 20.3 Å². The Morgan fingerprint density at radius 3 is 0.951 bits per heavy atom. The Kier molecular flexibility index (Phi) is 69.4. The largest absolute Gasteiger partial charge is 0.466 e. The highest BCUT2D eigenvalue weighted by Crippen LogP contribution is 2.20. The number of aliphatic hydroxyl groups is 2. The van der Waals surface area contributed by atoms with E-state index < -0.39 is 12.1 Å². The maximum absolute atomic E-state index is 12.5. The van der Waals surface area contributed by atoms with Crippen molar-refractivity contribution in [3.8, 4) is 0 Å². The van der Waals surface area contributed by atoms with Crippen LogP contribution in [0.3, 0.4) is 0 Å². The molecular formula is C75H145NO5. The Bertz CT molecular complexity index is 1270. The van der Waals surface area contributed by atoms with Gasteiger partial charge in [0.2, 0.25) is 5.91 Å². The average molecular weight is 1140 g/mol. The molecule has 0 rings (SSSR count). The van der Waals surface area contributed by atoms with Crippen LogP contribution in [0.4, 0.5) is 0 Å². The van der Waals surface area contributed by atoms with E-state index in [9.17, 15) is 19.8 Å². The van der Waals surface area contributed by atoms with Crippen molar-refractivity contribution in [1.82, 2.24) is 5.32 Å². The van der Waals surface area contributed by atoms with Gasteiger partial charge in [0.05, 0.1) is 25.4 Å². The van der Waals surface area contributed by atoms with Crippen molar-refractivity contribution in [3.63, 3.8) is 0 Å². The molecule has 0 aliphatic carbocycles. The molecule has 0 bridgehead atoms. The summed E-state index contributed by atoms with van der Waals surface area (Å²) in [5.74, 6) is -0.0181. The van der Waals surface area contributed by atoms with Crippen LogP contribution in [-0.4, -0.2) is 47.4 Å². The summed E-state index contributed by atoms with van der Waals surface area (Å²) in [6.07, 6.45) is 89.6. The lowest BCUT2D eigenvalue weighted by Gasteiger charge is -2.22. The number of aliphatic hydroxyl groups excluding tert-OH is 2. The summed E-state index contributed by atoms with van der Waals surface area (Å²) in [6, 6.07) is -0.537. The molecule has 0 aromatic rings. The van der Waals surface area contributed by atoms with Gasteiger partial charge in [-0.25, -0.2) is 0 Å². The zero-order valence-corrected chi connectivity index (χ0v) is 55.0. The van der Waals surface area contributed by atoms with Gasteiger partial charge in [-0.15, -0.1) is 0 Å². The minimum atomic E-state index is -0.660. The lowest BCUT2D eigenvalue weighted by Crippen LogP contribution is -2.45. The Hall–Kier alpha value is -1.66. The van der Waals surface area contributed by atoms with Crippen LogP contribution in [0.2, 0.25) is 0 Å². The van der Waals surface area contributed by atoms with Crippen molar-refractivity contribution in [2.45, 2.75) is 431 Å². The fourth-order valence-corrected chi connectivity index (χ4v) is 11.9. The standard InChI is InChI=1S/C75H145NO5/c1-3-5-7-9-11-13-15-17-19-41-45-49-53-57-61-65-69-75(80)81-70-66-62-58-54-50-46-42-38-36-34-32-30-28-26-24-22-20-21-23-25-27-29-31-33-35-37-40-44-48-52-56-60-64-68-74(79)76-72(71-77)73(78)67-63-59-55-51-47-43-39-18-16-14-12-10-8-6-4-2/h13,15,19,41,72-73,77-78H,3-12,14,16-18,20-40,42-71H2,1-2H3,(H,76,79)/b15-13-,41-19-. The van der Waals surface area contributed by atoms with E-state index in [1.54, 1.807) is 0 Å². The van der Waals surface area contributed by atoms with E-state index in [1.807, 2.05) is 0 Å². The molecule has 2 atom stereocenters. The third-order valence-electron chi connectivity index (χ3n) is 17.5. The van der Waals surface area contributed by atoms with Crippen LogP contribution in [0.25, 0.3) is 0 Å². The predicted octanol–water partition coefficient (Wildman–Crippen LogP) is 24.1. The summed E-state index contributed by atoms with van der Waals surface area (Å²) in [6.45, 7) is 4.97. The Morgan fingerprint density at radius 1 is 0.346 bits per heavy atom. The Morgan fingerprint density at radius 2 is 0.617 bits per heavy atom. The molecule has 480 valence electrons. The van der Waals surface area contributed by atoms with Crippen LogP contribution < -0.4 is 5.32 Å². The quantitative estimate of drug-likeness (QED) is 0.0320. The van der Waals surface area contributed by atoms with Crippen molar-refractivity contribution in [2.24, 2.45) is 0 Å². The summed E-state index contributed by atoms with van der Waals surface area (Å²) >= 11 is 0. The van der Waals surface area contributed by atoms with Gasteiger partial charge in [-0.3, -0.25) is 9.59 Å². The van der Waals surface area contributed by atoms with Crippen LogP contribution in [0.5, 0.6) is 0 Å². The average Bonchev–Trinajstić information content (AvgIpc) is 3.47. The molecule has 0 saturated carbocycles. The minimum absolute atomic E-state index is 0.00889. The van der Waals surface area contributed by atoms with E-state index in [0.29, 0.717) is 25.9 Å². The topological polar surface area (TPSA) is 95.9 Å². The van der Waals surface area contributed by atoms with Crippen LogP contribution in [0, 0.1) is 0 Å². The Labute approximate surface area is 507 Å². The maximum Gasteiger partial charge on any atom is 0.305 e. The monoisotopic (exact) mass is 1140 g/mol. The van der Waals surface area contributed by atoms with Crippen LogP contribution in [-0.2, 0) is 14.3 Å². The normalized spacial score (nSPS) is 12.6. The molecule has 6 heteroatoms. The summed E-state index contributed by atoms with van der Waals surface area (Å²) in [7, 11) is 0. The molecule has 0 fully saturated rings. The second-order valence-corrected chi connectivity index (χ2v) is 25.6. The number of carbonyl (C=O) groups is 2. The molecule has 0 aliphatic heterocycles. The number of carbonyl (C=O) groups excluding carboxylic acids is 2. The highest BCUT2D eigenvalue weighted by Gasteiger charge is 2.20. The maximum atomic E-state index is 12.5.